The number of allylic oxidation sites excluding steroid dienone is 9. The third-order valence-corrected chi connectivity index (χ3v) is 8.84. The molecule has 0 saturated heterocycles. The normalized spacial score (nSPS) is 16.4. The van der Waals surface area contributed by atoms with Gasteiger partial charge in [0.1, 0.15) is 0 Å². The molecule has 1 amide bonds. The second kappa shape index (κ2) is 15.1. The summed E-state index contributed by atoms with van der Waals surface area (Å²) in [5.41, 5.74) is 7.90. The summed E-state index contributed by atoms with van der Waals surface area (Å²) >= 11 is 0. The molecule has 0 bridgehead atoms. The zero-order valence-electron chi connectivity index (χ0n) is 25.9. The first kappa shape index (κ1) is 33.0. The number of benzene rings is 2. The predicted molar refractivity (Wildman–Crippen MR) is 174 cm³/mol. The third-order valence-electron chi connectivity index (χ3n) is 7.51. The van der Waals surface area contributed by atoms with Crippen molar-refractivity contribution in [2.75, 3.05) is 11.9 Å². The Morgan fingerprint density at radius 3 is 2.33 bits per heavy atom. The summed E-state index contributed by atoms with van der Waals surface area (Å²) in [4.78, 5) is 12.7. The van der Waals surface area contributed by atoms with E-state index in [1.165, 1.54) is 30.4 Å². The van der Waals surface area contributed by atoms with Gasteiger partial charge in [0.25, 0.3) is 10.1 Å². The molecule has 0 radical (unpaired) electrons. The minimum Gasteiger partial charge on any atom is -0.323 e. The minimum atomic E-state index is -3.75. The van der Waals surface area contributed by atoms with E-state index >= 15 is 0 Å². The van der Waals surface area contributed by atoms with Crippen LogP contribution in [-0.2, 0) is 25.5 Å². The molecule has 0 aliphatic heterocycles. The molecule has 1 aliphatic rings. The monoisotopic (exact) mass is 587 g/mol. The second-order valence-electron chi connectivity index (χ2n) is 11.8. The highest BCUT2D eigenvalue weighted by Crippen LogP contribution is 2.40. The number of anilines is 1. The lowest BCUT2D eigenvalue weighted by Gasteiger charge is -2.32. The zero-order chi connectivity index (χ0) is 30.8. The first-order chi connectivity index (χ1) is 19.9. The van der Waals surface area contributed by atoms with Crippen LogP contribution in [0.15, 0.2) is 112 Å². The van der Waals surface area contributed by atoms with E-state index in [2.05, 4.69) is 51.2 Å². The van der Waals surface area contributed by atoms with Crippen LogP contribution in [0.4, 0.5) is 5.69 Å². The van der Waals surface area contributed by atoms with E-state index in [1.54, 1.807) is 30.3 Å². The van der Waals surface area contributed by atoms with E-state index in [-0.39, 0.29) is 22.8 Å². The summed E-state index contributed by atoms with van der Waals surface area (Å²) in [6.45, 7) is 12.9. The van der Waals surface area contributed by atoms with Crippen LogP contribution in [0.1, 0.15) is 71.4 Å². The Balaban J connectivity index is 1.44. The molecule has 3 rings (SSSR count). The average molecular weight is 588 g/mol. The van der Waals surface area contributed by atoms with Crippen molar-refractivity contribution in [1.29, 1.82) is 0 Å². The van der Waals surface area contributed by atoms with E-state index in [1.807, 2.05) is 50.3 Å². The van der Waals surface area contributed by atoms with Crippen LogP contribution in [0.2, 0.25) is 0 Å². The van der Waals surface area contributed by atoms with Crippen molar-refractivity contribution in [2.45, 2.75) is 78.5 Å². The highest BCUT2D eigenvalue weighted by Gasteiger charge is 2.26. The Bertz CT molecular complexity index is 1490. The van der Waals surface area contributed by atoms with Gasteiger partial charge in [-0.25, -0.2) is 0 Å². The third kappa shape index (κ3) is 10.4. The Morgan fingerprint density at radius 2 is 1.67 bits per heavy atom. The average Bonchev–Trinajstić information content (AvgIpc) is 2.91. The molecule has 6 heteroatoms. The van der Waals surface area contributed by atoms with Crippen LogP contribution < -0.4 is 5.32 Å². The number of hydrogen-bond acceptors (Lipinski definition) is 4. The molecule has 1 N–H and O–H groups in total. The van der Waals surface area contributed by atoms with E-state index in [9.17, 15) is 13.2 Å². The maximum Gasteiger partial charge on any atom is 0.296 e. The van der Waals surface area contributed by atoms with Gasteiger partial charge in [0.05, 0.1) is 11.5 Å². The number of nitrogens with one attached hydrogen (secondary N) is 1. The van der Waals surface area contributed by atoms with E-state index in [0.717, 1.165) is 22.3 Å². The molecule has 0 unspecified atom stereocenters. The van der Waals surface area contributed by atoms with E-state index in [0.29, 0.717) is 18.5 Å². The molecule has 5 nitrogen and oxygen atoms in total. The number of carbonyl (C=O) groups excluding carboxylic acids is 1. The molecule has 0 aromatic heterocycles. The number of carbonyl (C=O) groups is 1. The van der Waals surface area contributed by atoms with Crippen LogP contribution in [0.5, 0.6) is 0 Å². The lowest BCUT2D eigenvalue weighted by Crippen LogP contribution is -2.19. The van der Waals surface area contributed by atoms with Crippen molar-refractivity contribution in [2.24, 2.45) is 5.41 Å². The van der Waals surface area contributed by atoms with Crippen molar-refractivity contribution < 1.29 is 17.4 Å². The maximum atomic E-state index is 12.5. The van der Waals surface area contributed by atoms with Crippen molar-refractivity contribution in [3.8, 4) is 0 Å². The van der Waals surface area contributed by atoms with Crippen molar-refractivity contribution in [3.05, 3.63) is 118 Å². The Hall–Kier alpha value is -3.48. The molecular weight excluding hydrogens is 542 g/mol. The molecule has 0 spiro atoms. The highest BCUT2D eigenvalue weighted by atomic mass is 32.2. The summed E-state index contributed by atoms with van der Waals surface area (Å²) < 4.78 is 29.8. The number of rotatable bonds is 12. The van der Waals surface area contributed by atoms with Gasteiger partial charge in [-0.15, -0.1) is 0 Å². The number of amides is 1. The summed E-state index contributed by atoms with van der Waals surface area (Å²) in [5.74, 6) is -0.192. The maximum absolute atomic E-state index is 12.5. The van der Waals surface area contributed by atoms with Gasteiger partial charge < -0.3 is 5.32 Å². The van der Waals surface area contributed by atoms with Crippen LogP contribution in [0, 0.1) is 12.3 Å². The Morgan fingerprint density at radius 1 is 0.976 bits per heavy atom. The fourth-order valence-corrected chi connectivity index (χ4v) is 5.98. The molecule has 0 atom stereocenters. The first-order valence-electron chi connectivity index (χ1n) is 14.6. The molecule has 0 saturated carbocycles. The molecule has 1 aliphatic carbocycles. The molecule has 0 heterocycles. The smallest absolute Gasteiger partial charge is 0.296 e. The molecule has 224 valence electrons. The fourth-order valence-electron chi connectivity index (χ4n) is 5.04. The fraction of sp³-hybridized carbons (Fsp3) is 0.361. The second-order valence-corrected chi connectivity index (χ2v) is 13.4. The minimum absolute atomic E-state index is 0.104. The van der Waals surface area contributed by atoms with Crippen molar-refractivity contribution >= 4 is 21.7 Å². The van der Waals surface area contributed by atoms with E-state index < -0.39 is 10.1 Å². The lowest BCUT2D eigenvalue weighted by molar-refractivity contribution is -0.111. The number of hydrogen-bond donors (Lipinski definition) is 1. The van der Waals surface area contributed by atoms with Gasteiger partial charge in [0.2, 0.25) is 5.91 Å². The zero-order valence-corrected chi connectivity index (χ0v) is 26.7. The van der Waals surface area contributed by atoms with Gasteiger partial charge in [0.15, 0.2) is 0 Å². The largest absolute Gasteiger partial charge is 0.323 e. The molecule has 2 aromatic carbocycles. The van der Waals surface area contributed by atoms with Gasteiger partial charge in [-0.05, 0) is 106 Å². The molecule has 42 heavy (non-hydrogen) atoms. The molecule has 0 fully saturated rings. The van der Waals surface area contributed by atoms with Crippen LogP contribution in [0.25, 0.3) is 0 Å². The predicted octanol–water partition coefficient (Wildman–Crippen LogP) is 8.80. The lowest BCUT2D eigenvalue weighted by atomic mass is 9.72. The van der Waals surface area contributed by atoms with Crippen LogP contribution in [0.3, 0.4) is 0 Å². The van der Waals surface area contributed by atoms with Crippen molar-refractivity contribution in [3.63, 3.8) is 0 Å². The van der Waals surface area contributed by atoms with Gasteiger partial charge in [-0.1, -0.05) is 85.2 Å². The summed E-state index contributed by atoms with van der Waals surface area (Å²) in [5, 5.41) is 2.89. The Kier molecular flexibility index (Phi) is 11.9. The van der Waals surface area contributed by atoms with Crippen LogP contribution >= 0.6 is 0 Å². The summed E-state index contributed by atoms with van der Waals surface area (Å²) in [7, 11) is -3.75. The van der Waals surface area contributed by atoms with Gasteiger partial charge in [0, 0.05) is 11.8 Å². The SMILES string of the molecule is CC1=C(/C=C/C(C)=C/C=C/C(C)=C/C(=O)Nc2ccc(CCCOS(=O)(=O)c3ccc(C)cc3)cc2)C(C)(C)CCC1. The summed E-state index contributed by atoms with van der Waals surface area (Å²) in [6, 6.07) is 14.2. The van der Waals surface area contributed by atoms with Gasteiger partial charge in [-0.2, -0.15) is 8.42 Å². The van der Waals surface area contributed by atoms with Crippen LogP contribution in [-0.4, -0.2) is 20.9 Å². The molecular formula is C36H45NO4S. The highest BCUT2D eigenvalue weighted by molar-refractivity contribution is 7.86. The van der Waals surface area contributed by atoms with Gasteiger partial charge in [-0.3, -0.25) is 8.98 Å². The number of aryl methyl sites for hydroxylation is 2. The topological polar surface area (TPSA) is 72.5 Å². The molecule has 2 aromatic rings. The Labute approximate surface area is 252 Å². The quantitative estimate of drug-likeness (QED) is 0.117. The van der Waals surface area contributed by atoms with Gasteiger partial charge >= 0.3 is 0 Å². The first-order valence-corrected chi connectivity index (χ1v) is 16.0. The standard InChI is InChI=1S/C36H45NO4S/c1-27(16-23-34-30(4)12-8-24-36(34,5)6)10-7-11-29(3)26-35(38)37-32-19-17-31(18-20-32)13-9-25-41-42(39,40)33-21-14-28(2)15-22-33/h7,10-11,14-23,26H,8-9,12-13,24-25H2,1-6H3,(H,37,38)/b11-7+,23-16+,27-10+,29-26+. The van der Waals surface area contributed by atoms with E-state index in [4.69, 9.17) is 4.18 Å². The van der Waals surface area contributed by atoms with Crippen molar-refractivity contribution in [1.82, 2.24) is 0 Å². The summed E-state index contributed by atoms with van der Waals surface area (Å²) in [6.07, 6.45) is 16.9.